The van der Waals surface area contributed by atoms with Crippen LogP contribution in [-0.4, -0.2) is 20.8 Å². The highest BCUT2D eigenvalue weighted by molar-refractivity contribution is 8.13. The molecule has 0 radical (unpaired) electrons. The first-order valence-corrected chi connectivity index (χ1v) is 7.99. The molecule has 96 valence electrons. The summed E-state index contributed by atoms with van der Waals surface area (Å²) in [4.78, 5) is 0. The second kappa shape index (κ2) is 6.26. The van der Waals surface area contributed by atoms with Gasteiger partial charge in [-0.3, -0.25) is 0 Å². The van der Waals surface area contributed by atoms with Gasteiger partial charge < -0.3 is 4.74 Å². The molecule has 0 fully saturated rings. The molecule has 1 rings (SSSR count). The lowest BCUT2D eigenvalue weighted by Gasteiger charge is -2.07. The summed E-state index contributed by atoms with van der Waals surface area (Å²) in [5, 5.41) is 0. The summed E-state index contributed by atoms with van der Waals surface area (Å²) >= 11 is 0. The molecule has 0 amide bonds. The van der Waals surface area contributed by atoms with Gasteiger partial charge in [0.15, 0.2) is 0 Å². The number of benzene rings is 1. The number of halogens is 1. The molecular weight excluding hydrogens is 260 g/mol. The van der Waals surface area contributed by atoms with E-state index in [0.29, 0.717) is 19.4 Å². The van der Waals surface area contributed by atoms with E-state index in [9.17, 15) is 8.42 Å². The SMILES string of the molecule is Cc1ccc(OCCCCS(=O)(=O)Cl)cc1C. The van der Waals surface area contributed by atoms with Crippen molar-refractivity contribution in [3.05, 3.63) is 29.3 Å². The molecule has 1 aromatic rings. The summed E-state index contributed by atoms with van der Waals surface area (Å²) in [6.07, 6.45) is 1.20. The summed E-state index contributed by atoms with van der Waals surface area (Å²) in [5.74, 6) is 0.826. The van der Waals surface area contributed by atoms with E-state index in [1.165, 1.54) is 11.1 Å². The Kier molecular flexibility index (Phi) is 5.28. The quantitative estimate of drug-likeness (QED) is 0.592. The van der Waals surface area contributed by atoms with Gasteiger partial charge in [-0.25, -0.2) is 8.42 Å². The molecule has 0 bridgehead atoms. The summed E-state index contributed by atoms with van der Waals surface area (Å²) in [5.41, 5.74) is 2.41. The van der Waals surface area contributed by atoms with Gasteiger partial charge in [-0.05, 0) is 49.9 Å². The van der Waals surface area contributed by atoms with Crippen molar-refractivity contribution in [2.24, 2.45) is 0 Å². The third kappa shape index (κ3) is 5.94. The van der Waals surface area contributed by atoms with E-state index in [1.54, 1.807) is 0 Å². The molecule has 17 heavy (non-hydrogen) atoms. The Balaban J connectivity index is 2.29. The molecule has 3 nitrogen and oxygen atoms in total. The molecule has 0 saturated carbocycles. The van der Waals surface area contributed by atoms with E-state index in [2.05, 4.69) is 0 Å². The lowest BCUT2D eigenvalue weighted by atomic mass is 10.1. The van der Waals surface area contributed by atoms with Crippen molar-refractivity contribution in [2.75, 3.05) is 12.4 Å². The molecule has 0 aliphatic carbocycles. The third-order valence-electron chi connectivity index (χ3n) is 2.53. The normalized spacial score (nSPS) is 11.5. The van der Waals surface area contributed by atoms with Crippen molar-refractivity contribution >= 4 is 19.7 Å². The molecule has 1 aromatic carbocycles. The minimum Gasteiger partial charge on any atom is -0.494 e. The van der Waals surface area contributed by atoms with Crippen molar-refractivity contribution in [2.45, 2.75) is 26.7 Å². The van der Waals surface area contributed by atoms with E-state index >= 15 is 0 Å². The second-order valence-electron chi connectivity index (χ2n) is 4.04. The van der Waals surface area contributed by atoms with Gasteiger partial charge in [0.05, 0.1) is 12.4 Å². The molecule has 0 N–H and O–H groups in total. The van der Waals surface area contributed by atoms with Crippen molar-refractivity contribution < 1.29 is 13.2 Å². The minimum atomic E-state index is -3.36. The van der Waals surface area contributed by atoms with Crippen LogP contribution in [0.15, 0.2) is 18.2 Å². The number of rotatable bonds is 6. The maximum atomic E-state index is 10.7. The van der Waals surface area contributed by atoms with Crippen LogP contribution in [0, 0.1) is 13.8 Å². The van der Waals surface area contributed by atoms with Crippen molar-refractivity contribution in [3.8, 4) is 5.75 Å². The third-order valence-corrected chi connectivity index (χ3v) is 3.77. The van der Waals surface area contributed by atoms with Gasteiger partial charge in [-0.15, -0.1) is 0 Å². The number of aryl methyl sites for hydroxylation is 2. The maximum Gasteiger partial charge on any atom is 0.232 e. The highest BCUT2D eigenvalue weighted by Gasteiger charge is 2.04. The maximum absolute atomic E-state index is 10.7. The van der Waals surface area contributed by atoms with Crippen LogP contribution in [0.25, 0.3) is 0 Å². The highest BCUT2D eigenvalue weighted by Crippen LogP contribution is 2.16. The van der Waals surface area contributed by atoms with Gasteiger partial charge in [-0.2, -0.15) is 0 Å². The Morgan fingerprint density at radius 2 is 1.88 bits per heavy atom. The summed E-state index contributed by atoms with van der Waals surface area (Å²) in [6.45, 7) is 4.58. The van der Waals surface area contributed by atoms with Gasteiger partial charge in [0.2, 0.25) is 9.05 Å². The largest absolute Gasteiger partial charge is 0.494 e. The van der Waals surface area contributed by atoms with Gasteiger partial charge in [0.1, 0.15) is 5.75 Å². The van der Waals surface area contributed by atoms with Crippen LogP contribution in [0.1, 0.15) is 24.0 Å². The molecule has 0 atom stereocenters. The van der Waals surface area contributed by atoms with Crippen LogP contribution >= 0.6 is 10.7 Å². The summed E-state index contributed by atoms with van der Waals surface area (Å²) in [6, 6.07) is 5.90. The van der Waals surface area contributed by atoms with Crippen LogP contribution < -0.4 is 4.74 Å². The van der Waals surface area contributed by atoms with Crippen LogP contribution in [0.4, 0.5) is 0 Å². The fourth-order valence-electron chi connectivity index (χ4n) is 1.37. The molecule has 0 saturated heterocycles. The fraction of sp³-hybridized carbons (Fsp3) is 0.500. The van der Waals surface area contributed by atoms with Gasteiger partial charge in [0.25, 0.3) is 0 Å². The summed E-state index contributed by atoms with van der Waals surface area (Å²) in [7, 11) is 1.73. The monoisotopic (exact) mass is 276 g/mol. The Morgan fingerprint density at radius 3 is 2.47 bits per heavy atom. The van der Waals surface area contributed by atoms with Crippen LogP contribution in [-0.2, 0) is 9.05 Å². The molecule has 0 heterocycles. The topological polar surface area (TPSA) is 43.4 Å². The van der Waals surface area contributed by atoms with Crippen LogP contribution in [0.5, 0.6) is 5.75 Å². The zero-order chi connectivity index (χ0) is 12.9. The molecule has 0 aliphatic rings. The van der Waals surface area contributed by atoms with Crippen molar-refractivity contribution in [1.29, 1.82) is 0 Å². The van der Waals surface area contributed by atoms with E-state index in [1.807, 2.05) is 32.0 Å². The Hall–Kier alpha value is -0.740. The predicted octanol–water partition coefficient (Wildman–Crippen LogP) is 3.03. The first-order chi connectivity index (χ1) is 7.88. The van der Waals surface area contributed by atoms with Gasteiger partial charge in [-0.1, -0.05) is 6.07 Å². The Labute approximate surface area is 107 Å². The van der Waals surface area contributed by atoms with Gasteiger partial charge >= 0.3 is 0 Å². The summed E-state index contributed by atoms with van der Waals surface area (Å²) < 4.78 is 26.9. The van der Waals surface area contributed by atoms with Gasteiger partial charge in [0, 0.05) is 10.7 Å². The van der Waals surface area contributed by atoms with Crippen molar-refractivity contribution in [1.82, 2.24) is 0 Å². The van der Waals surface area contributed by atoms with Crippen LogP contribution in [0.3, 0.4) is 0 Å². The Bertz CT molecular complexity index is 469. The first-order valence-electron chi connectivity index (χ1n) is 5.51. The van der Waals surface area contributed by atoms with E-state index < -0.39 is 9.05 Å². The molecule has 0 aromatic heterocycles. The predicted molar refractivity (Wildman–Crippen MR) is 70.3 cm³/mol. The molecule has 0 unspecified atom stereocenters. The number of hydrogen-bond acceptors (Lipinski definition) is 3. The standard InChI is InChI=1S/C12H17ClO3S/c1-10-5-6-12(9-11(10)2)16-7-3-4-8-17(13,14)15/h5-6,9H,3-4,7-8H2,1-2H3. The molecule has 0 aliphatic heterocycles. The first kappa shape index (κ1) is 14.3. The fourth-order valence-corrected chi connectivity index (χ4v) is 2.25. The number of hydrogen-bond donors (Lipinski definition) is 0. The van der Waals surface area contributed by atoms with Crippen molar-refractivity contribution in [3.63, 3.8) is 0 Å². The number of unbranched alkanes of at least 4 members (excludes halogenated alkanes) is 1. The molecule has 5 heteroatoms. The Morgan fingerprint density at radius 1 is 1.18 bits per heavy atom. The molecule has 0 spiro atoms. The zero-order valence-corrected chi connectivity index (χ0v) is 11.6. The average Bonchev–Trinajstić information content (AvgIpc) is 2.21. The molecular formula is C12H17ClO3S. The minimum absolute atomic E-state index is 0.00480. The van der Waals surface area contributed by atoms with E-state index in [0.717, 1.165) is 5.75 Å². The van der Waals surface area contributed by atoms with E-state index in [-0.39, 0.29) is 5.75 Å². The number of ether oxygens (including phenoxy) is 1. The highest BCUT2D eigenvalue weighted by atomic mass is 35.7. The smallest absolute Gasteiger partial charge is 0.232 e. The average molecular weight is 277 g/mol. The lowest BCUT2D eigenvalue weighted by molar-refractivity contribution is 0.309. The van der Waals surface area contributed by atoms with E-state index in [4.69, 9.17) is 15.4 Å². The second-order valence-corrected chi connectivity index (χ2v) is 6.94. The van der Waals surface area contributed by atoms with Crippen LogP contribution in [0.2, 0.25) is 0 Å². The lowest BCUT2D eigenvalue weighted by Crippen LogP contribution is -2.02. The zero-order valence-electron chi connectivity index (χ0n) is 10.1.